The van der Waals surface area contributed by atoms with E-state index in [1.54, 1.807) is 30.3 Å². The molecule has 0 saturated heterocycles. The summed E-state index contributed by atoms with van der Waals surface area (Å²) in [5.41, 5.74) is 0.519. The van der Waals surface area contributed by atoms with Crippen LogP contribution in [0, 0.1) is 0 Å². The summed E-state index contributed by atoms with van der Waals surface area (Å²) in [6.07, 6.45) is -5.03. The van der Waals surface area contributed by atoms with Crippen molar-refractivity contribution in [3.05, 3.63) is 52.7 Å². The Labute approximate surface area is 208 Å². The van der Waals surface area contributed by atoms with Gasteiger partial charge in [-0.05, 0) is 29.8 Å². The molecule has 190 valence electrons. The Morgan fingerprint density at radius 1 is 1.14 bits per heavy atom. The van der Waals surface area contributed by atoms with E-state index in [-0.39, 0.29) is 29.7 Å². The zero-order valence-corrected chi connectivity index (χ0v) is 19.7. The van der Waals surface area contributed by atoms with Crippen LogP contribution in [0.25, 0.3) is 0 Å². The van der Waals surface area contributed by atoms with Crippen LogP contribution in [-0.4, -0.2) is 42.9 Å². The van der Waals surface area contributed by atoms with Crippen molar-refractivity contribution in [3.8, 4) is 23.0 Å². The summed E-state index contributed by atoms with van der Waals surface area (Å²) >= 11 is 6.41. The number of aromatic nitrogens is 2. The number of benzene rings is 2. The molecule has 9 nitrogen and oxygen atoms in total. The summed E-state index contributed by atoms with van der Waals surface area (Å²) in [7, 11) is 2.90. The first-order chi connectivity index (χ1) is 17.2. The number of hydrogen-bond donors (Lipinski definition) is 2. The molecule has 0 aliphatic carbocycles. The molecular weight excluding hydrogens is 505 g/mol. The van der Waals surface area contributed by atoms with Crippen molar-refractivity contribution in [1.29, 1.82) is 0 Å². The predicted molar refractivity (Wildman–Crippen MR) is 123 cm³/mol. The lowest BCUT2D eigenvalue weighted by molar-refractivity contribution is -0.173. The van der Waals surface area contributed by atoms with Gasteiger partial charge in [-0.2, -0.15) is 18.3 Å². The van der Waals surface area contributed by atoms with Crippen LogP contribution in [0.4, 0.5) is 24.7 Å². The maximum absolute atomic E-state index is 14.1. The Hall–Kier alpha value is -3.80. The number of amides is 1. The number of nitrogens with zero attached hydrogens (tertiary/aromatic N) is 2. The summed E-state index contributed by atoms with van der Waals surface area (Å²) in [4.78, 5) is 12.9. The Kier molecular flexibility index (Phi) is 5.99. The number of halogens is 4. The van der Waals surface area contributed by atoms with Gasteiger partial charge in [-0.1, -0.05) is 17.7 Å². The number of alkyl halides is 3. The molecule has 2 aromatic carbocycles. The molecule has 0 radical (unpaired) electrons. The van der Waals surface area contributed by atoms with Gasteiger partial charge in [-0.25, -0.2) is 4.68 Å². The second-order valence-corrected chi connectivity index (χ2v) is 8.46. The molecule has 3 heterocycles. The summed E-state index contributed by atoms with van der Waals surface area (Å²) in [6.45, 7) is 0.0536. The van der Waals surface area contributed by atoms with Gasteiger partial charge >= 0.3 is 6.18 Å². The molecule has 5 rings (SSSR count). The van der Waals surface area contributed by atoms with E-state index in [1.807, 2.05) is 0 Å². The number of methoxy groups -OCH3 is 2. The third-order valence-corrected chi connectivity index (χ3v) is 6.31. The summed E-state index contributed by atoms with van der Waals surface area (Å²) in [5.74, 6) is 0.873. The van der Waals surface area contributed by atoms with Crippen molar-refractivity contribution in [2.75, 3.05) is 31.6 Å². The topological polar surface area (TPSA) is 95.9 Å². The van der Waals surface area contributed by atoms with Gasteiger partial charge < -0.3 is 29.6 Å². The van der Waals surface area contributed by atoms with Crippen LogP contribution in [0.5, 0.6) is 23.0 Å². The fraction of sp³-hybridized carbons (Fsp3) is 0.304. The number of carbonyl (C=O) groups excluding carboxylic acids is 1. The van der Waals surface area contributed by atoms with Gasteiger partial charge in [0.1, 0.15) is 10.8 Å². The minimum atomic E-state index is -4.65. The SMILES string of the molecule is COc1ccc([C@@H]2C[C@H](C(F)(F)F)n3nc(C(=O)Nc4ccc5c(c4)OCO5)c(Cl)c3N2)cc1OC. The second kappa shape index (κ2) is 9.01. The van der Waals surface area contributed by atoms with Gasteiger partial charge in [0.25, 0.3) is 5.91 Å². The molecule has 1 aromatic heterocycles. The van der Waals surface area contributed by atoms with E-state index < -0.39 is 24.2 Å². The Morgan fingerprint density at radius 2 is 1.89 bits per heavy atom. The maximum Gasteiger partial charge on any atom is 0.410 e. The number of hydrogen-bond acceptors (Lipinski definition) is 7. The van der Waals surface area contributed by atoms with Crippen LogP contribution in [-0.2, 0) is 0 Å². The van der Waals surface area contributed by atoms with E-state index in [0.717, 1.165) is 0 Å². The first kappa shape index (κ1) is 23.9. The van der Waals surface area contributed by atoms with Crippen LogP contribution in [0.15, 0.2) is 36.4 Å². The number of anilines is 2. The number of ether oxygens (including phenoxy) is 4. The lowest BCUT2D eigenvalue weighted by Gasteiger charge is -2.33. The third kappa shape index (κ3) is 4.21. The number of rotatable bonds is 5. The quantitative estimate of drug-likeness (QED) is 0.474. The van der Waals surface area contributed by atoms with Crippen LogP contribution in [0.2, 0.25) is 5.02 Å². The van der Waals surface area contributed by atoms with Gasteiger partial charge in [-0.3, -0.25) is 4.79 Å². The summed E-state index contributed by atoms with van der Waals surface area (Å²) in [5, 5.41) is 9.31. The van der Waals surface area contributed by atoms with Crippen LogP contribution >= 0.6 is 11.6 Å². The summed E-state index contributed by atoms with van der Waals surface area (Å²) in [6, 6.07) is 6.74. The molecule has 0 fully saturated rings. The van der Waals surface area contributed by atoms with Crippen molar-refractivity contribution in [2.24, 2.45) is 0 Å². The van der Waals surface area contributed by atoms with Gasteiger partial charge in [-0.15, -0.1) is 0 Å². The normalized spacial score (nSPS) is 18.3. The van der Waals surface area contributed by atoms with E-state index >= 15 is 0 Å². The van der Waals surface area contributed by atoms with Gasteiger partial charge in [0.2, 0.25) is 6.79 Å². The van der Waals surface area contributed by atoms with Crippen LogP contribution < -0.4 is 29.6 Å². The first-order valence-corrected chi connectivity index (χ1v) is 11.1. The average molecular weight is 525 g/mol. The van der Waals surface area contributed by atoms with E-state index in [4.69, 9.17) is 30.5 Å². The minimum absolute atomic E-state index is 0.0536. The molecule has 2 N–H and O–H groups in total. The minimum Gasteiger partial charge on any atom is -0.493 e. The standard InChI is InChI=1S/C23H20ClF3N4O5/c1-33-14-5-3-11(7-16(14)34-2)13-9-18(23(25,26)27)31-21(29-13)19(24)20(30-31)22(32)28-12-4-6-15-17(8-12)36-10-35-15/h3-8,13,18,29H,9-10H2,1-2H3,(H,28,32)/t13-,18+/m0/s1. The van der Waals surface area contributed by atoms with E-state index in [0.29, 0.717) is 38.9 Å². The predicted octanol–water partition coefficient (Wildman–Crippen LogP) is 5.20. The molecule has 2 atom stereocenters. The number of nitrogens with one attached hydrogen (secondary N) is 2. The number of fused-ring (bicyclic) bond motifs is 2. The zero-order chi connectivity index (χ0) is 25.6. The lowest BCUT2D eigenvalue weighted by Crippen LogP contribution is -2.35. The number of carbonyl (C=O) groups is 1. The Morgan fingerprint density at radius 3 is 2.61 bits per heavy atom. The van der Waals surface area contributed by atoms with Crippen LogP contribution in [0.3, 0.4) is 0 Å². The summed E-state index contributed by atoms with van der Waals surface area (Å²) < 4.78 is 64.0. The largest absolute Gasteiger partial charge is 0.493 e. The molecule has 0 saturated carbocycles. The molecular formula is C23H20ClF3N4O5. The van der Waals surface area contributed by atoms with Crippen molar-refractivity contribution in [3.63, 3.8) is 0 Å². The monoisotopic (exact) mass is 524 g/mol. The lowest BCUT2D eigenvalue weighted by atomic mass is 9.96. The Balaban J connectivity index is 1.47. The highest BCUT2D eigenvalue weighted by atomic mass is 35.5. The van der Waals surface area contributed by atoms with Gasteiger partial charge in [0.15, 0.2) is 34.7 Å². The van der Waals surface area contributed by atoms with Crippen molar-refractivity contribution >= 4 is 29.0 Å². The Bertz CT molecular complexity index is 1330. The molecule has 36 heavy (non-hydrogen) atoms. The molecule has 1 amide bonds. The fourth-order valence-electron chi connectivity index (χ4n) is 4.19. The smallest absolute Gasteiger partial charge is 0.410 e. The highest BCUT2D eigenvalue weighted by molar-refractivity contribution is 6.36. The highest BCUT2D eigenvalue weighted by Gasteiger charge is 2.48. The molecule has 0 bridgehead atoms. The van der Waals surface area contributed by atoms with E-state index in [1.165, 1.54) is 20.3 Å². The average Bonchev–Trinajstić information content (AvgIpc) is 3.46. The molecule has 0 unspecified atom stereocenters. The van der Waals surface area contributed by atoms with Crippen LogP contribution in [0.1, 0.15) is 34.6 Å². The molecule has 0 spiro atoms. The van der Waals surface area contributed by atoms with Crippen molar-refractivity contribution in [1.82, 2.24) is 9.78 Å². The third-order valence-electron chi connectivity index (χ3n) is 5.95. The fourth-order valence-corrected chi connectivity index (χ4v) is 4.45. The first-order valence-electron chi connectivity index (χ1n) is 10.7. The van der Waals surface area contributed by atoms with Gasteiger partial charge in [0.05, 0.1) is 20.3 Å². The van der Waals surface area contributed by atoms with Crippen molar-refractivity contribution in [2.45, 2.75) is 24.7 Å². The van der Waals surface area contributed by atoms with E-state index in [2.05, 4.69) is 15.7 Å². The van der Waals surface area contributed by atoms with Crippen molar-refractivity contribution < 1.29 is 36.9 Å². The van der Waals surface area contributed by atoms with Gasteiger partial charge in [0, 0.05) is 18.2 Å². The maximum atomic E-state index is 14.1. The molecule has 13 heteroatoms. The second-order valence-electron chi connectivity index (χ2n) is 8.08. The zero-order valence-electron chi connectivity index (χ0n) is 19.0. The molecule has 2 aliphatic rings. The highest BCUT2D eigenvalue weighted by Crippen LogP contribution is 2.47. The van der Waals surface area contributed by atoms with E-state index in [9.17, 15) is 18.0 Å². The molecule has 3 aromatic rings. The molecule has 2 aliphatic heterocycles.